The highest BCUT2D eigenvalue weighted by atomic mass is 127. The second-order valence-corrected chi connectivity index (χ2v) is 13.3. The van der Waals surface area contributed by atoms with Gasteiger partial charge in [0.2, 0.25) is 9.84 Å². The Morgan fingerprint density at radius 3 is 2.68 bits per heavy atom. The van der Waals surface area contributed by atoms with Crippen LogP contribution in [-0.2, 0) is 9.84 Å². The minimum absolute atomic E-state index is 0.158. The van der Waals surface area contributed by atoms with Gasteiger partial charge in [0, 0.05) is 0 Å². The molecule has 1 aliphatic carbocycles. The second-order valence-electron chi connectivity index (χ2n) is 4.69. The van der Waals surface area contributed by atoms with Crippen molar-refractivity contribution in [2.75, 3.05) is 0 Å². The third-order valence-electron chi connectivity index (χ3n) is 3.32. The smallest absolute Gasteiger partial charge is 0.254 e. The van der Waals surface area contributed by atoms with Crippen LogP contribution in [0, 0.1) is 0 Å². The Morgan fingerprint density at radius 2 is 1.95 bits per heavy atom. The summed E-state index contributed by atoms with van der Waals surface area (Å²) < 4.78 is 24.5. The molecule has 1 unspecified atom stereocenters. The van der Waals surface area contributed by atoms with Gasteiger partial charge in [-0.3, -0.25) is 4.79 Å². The van der Waals surface area contributed by atoms with Crippen molar-refractivity contribution in [1.82, 2.24) is 5.32 Å². The van der Waals surface area contributed by atoms with Crippen LogP contribution in [0.5, 0.6) is 0 Å². The molecule has 22 heavy (non-hydrogen) atoms. The summed E-state index contributed by atoms with van der Waals surface area (Å²) >= 11 is 3.71. The van der Waals surface area contributed by atoms with Crippen molar-refractivity contribution in [3.8, 4) is 0 Å². The molecule has 0 fully saturated rings. The number of alkyl halides is 2. The molecule has 1 aromatic carbocycles. The number of aliphatic imine (C=N–C) groups is 1. The fourth-order valence-electron chi connectivity index (χ4n) is 2.27. The fourth-order valence-corrected chi connectivity index (χ4v) is 4.84. The van der Waals surface area contributed by atoms with Gasteiger partial charge in [0.05, 0.1) is 27.9 Å². The molecule has 0 bridgehead atoms. The van der Waals surface area contributed by atoms with E-state index in [0.29, 0.717) is 17.0 Å². The Morgan fingerprint density at radius 1 is 1.23 bits per heavy atom. The van der Waals surface area contributed by atoms with Crippen LogP contribution in [0.25, 0.3) is 0 Å². The maximum absolute atomic E-state index is 12.5. The van der Waals surface area contributed by atoms with Crippen LogP contribution in [0.1, 0.15) is 10.4 Å². The number of hydrogen-bond donors (Lipinski definition) is 1. The molecule has 1 atom stereocenters. The van der Waals surface area contributed by atoms with E-state index in [-0.39, 0.29) is 10.8 Å². The molecule has 0 saturated carbocycles. The average molecular weight is 540 g/mol. The quantitative estimate of drug-likeness (QED) is 0.464. The highest BCUT2D eigenvalue weighted by Crippen LogP contribution is 2.31. The van der Waals surface area contributed by atoms with E-state index < -0.39 is 17.1 Å². The van der Waals surface area contributed by atoms with E-state index in [4.69, 9.17) is 0 Å². The Balaban J connectivity index is 2.19. The lowest BCUT2D eigenvalue weighted by Gasteiger charge is -2.21. The van der Waals surface area contributed by atoms with Gasteiger partial charge >= 0.3 is 0 Å². The number of sulfone groups is 1. The number of halogens is 2. The molecule has 0 aromatic heterocycles. The second kappa shape index (κ2) is 6.04. The number of amides is 1. The molecule has 3 rings (SSSR count). The number of fused-ring (bicyclic) bond motifs is 2. The molecule has 1 aromatic rings. The van der Waals surface area contributed by atoms with Crippen LogP contribution in [0.15, 0.2) is 52.4 Å². The highest BCUT2D eigenvalue weighted by molar-refractivity contribution is 14.2. The molecule has 2 aliphatic rings. The number of rotatable bonds is 2. The summed E-state index contributed by atoms with van der Waals surface area (Å²) in [7, 11) is -3.51. The van der Waals surface area contributed by atoms with Crippen LogP contribution < -0.4 is 5.32 Å². The van der Waals surface area contributed by atoms with E-state index in [1.165, 1.54) is 6.08 Å². The van der Waals surface area contributed by atoms with Crippen molar-refractivity contribution in [2.24, 2.45) is 4.99 Å². The van der Waals surface area contributed by atoms with Crippen LogP contribution >= 0.6 is 45.2 Å². The largest absolute Gasteiger partial charge is 0.340 e. The van der Waals surface area contributed by atoms with Gasteiger partial charge < -0.3 is 5.32 Å². The Labute approximate surface area is 155 Å². The first-order valence-corrected chi connectivity index (χ1v) is 10.3. The minimum atomic E-state index is -3.51. The Kier molecular flexibility index (Phi) is 4.42. The van der Waals surface area contributed by atoms with Gasteiger partial charge in [0.25, 0.3) is 5.91 Å². The minimum Gasteiger partial charge on any atom is -0.340 e. The predicted molar refractivity (Wildman–Crippen MR) is 103 cm³/mol. The van der Waals surface area contributed by atoms with Crippen molar-refractivity contribution in [1.29, 1.82) is 0 Å². The van der Waals surface area contributed by atoms with Crippen molar-refractivity contribution in [3.05, 3.63) is 53.0 Å². The zero-order chi connectivity index (χ0) is 15.9. The molecule has 8 heteroatoms. The van der Waals surface area contributed by atoms with Crippen molar-refractivity contribution in [3.63, 3.8) is 0 Å². The number of carbonyl (C=O) groups is 1. The summed E-state index contributed by atoms with van der Waals surface area (Å²) in [5, 5.41) is 2.81. The zero-order valence-electron chi connectivity index (χ0n) is 11.0. The van der Waals surface area contributed by atoms with E-state index in [0.717, 1.165) is 0 Å². The monoisotopic (exact) mass is 540 g/mol. The SMILES string of the molecule is O=C1NC2C=CC=C(S(=O)(=O)C(I)I)C2=Nc2ccccc21. The van der Waals surface area contributed by atoms with Gasteiger partial charge in [-0.1, -0.05) is 69.5 Å². The number of allylic oxidation sites excluding steroid dienone is 2. The van der Waals surface area contributed by atoms with E-state index in [1.54, 1.807) is 36.4 Å². The molecule has 5 nitrogen and oxygen atoms in total. The molecule has 1 N–H and O–H groups in total. The van der Waals surface area contributed by atoms with E-state index >= 15 is 0 Å². The zero-order valence-corrected chi connectivity index (χ0v) is 16.2. The van der Waals surface area contributed by atoms with Crippen LogP contribution in [0.2, 0.25) is 0 Å². The lowest BCUT2D eigenvalue weighted by Crippen LogP contribution is -2.41. The third kappa shape index (κ3) is 2.75. The Hall–Kier alpha value is -0.750. The molecular formula is C14H10I2N2O3S. The summed E-state index contributed by atoms with van der Waals surface area (Å²) in [6.45, 7) is 0. The highest BCUT2D eigenvalue weighted by Gasteiger charge is 2.35. The van der Waals surface area contributed by atoms with Crippen molar-refractivity contribution < 1.29 is 13.2 Å². The van der Waals surface area contributed by atoms with Crippen LogP contribution in [-0.4, -0.2) is 27.3 Å². The lowest BCUT2D eigenvalue weighted by molar-refractivity contribution is 0.0954. The van der Waals surface area contributed by atoms with Crippen LogP contribution in [0.4, 0.5) is 5.69 Å². The molecule has 114 valence electrons. The summed E-state index contributed by atoms with van der Waals surface area (Å²) in [6.07, 6.45) is 4.91. The fraction of sp³-hybridized carbons (Fsp3) is 0.143. The van der Waals surface area contributed by atoms with Gasteiger partial charge in [-0.2, -0.15) is 0 Å². The maximum Gasteiger partial charge on any atom is 0.254 e. The van der Waals surface area contributed by atoms with Gasteiger partial charge in [0.1, 0.15) is 0 Å². The normalized spacial score (nSPS) is 20.5. The number of carbonyl (C=O) groups excluding carboxylic acids is 1. The number of nitrogens with zero attached hydrogens (tertiary/aromatic N) is 1. The maximum atomic E-state index is 12.5. The summed E-state index contributed by atoms with van der Waals surface area (Å²) in [6, 6.07) is 6.36. The topological polar surface area (TPSA) is 75.6 Å². The number of hydrogen-bond acceptors (Lipinski definition) is 4. The molecular weight excluding hydrogens is 530 g/mol. The van der Waals surface area contributed by atoms with E-state index in [1.807, 2.05) is 45.2 Å². The lowest BCUT2D eigenvalue weighted by atomic mass is 10.1. The molecule has 0 saturated heterocycles. The van der Waals surface area contributed by atoms with Crippen LogP contribution in [0.3, 0.4) is 0 Å². The first kappa shape index (κ1) is 16.1. The number of benzene rings is 1. The standard InChI is InChI=1S/C14H10I2N2O3S/c15-14(16)22(20,21)11-7-3-6-10-12(11)17-9-5-2-1-4-8(9)13(19)18-10/h1-7,10,14H,(H,18,19). The molecule has 0 radical (unpaired) electrons. The first-order chi connectivity index (χ1) is 10.4. The van der Waals surface area contributed by atoms with Gasteiger partial charge in [-0.05, 0) is 18.2 Å². The molecule has 1 heterocycles. The third-order valence-corrected chi connectivity index (χ3v) is 8.76. The Bertz CT molecular complexity index is 841. The summed E-state index contributed by atoms with van der Waals surface area (Å²) in [5.41, 5.74) is 1.28. The summed E-state index contributed by atoms with van der Waals surface area (Å²) in [4.78, 5) is 16.9. The van der Waals surface area contributed by atoms with E-state index in [9.17, 15) is 13.2 Å². The molecule has 1 amide bonds. The number of nitrogens with one attached hydrogen (secondary N) is 1. The first-order valence-electron chi connectivity index (χ1n) is 6.30. The van der Waals surface area contributed by atoms with E-state index in [2.05, 4.69) is 10.3 Å². The van der Waals surface area contributed by atoms with Crippen molar-refractivity contribution in [2.45, 2.75) is 7.31 Å². The van der Waals surface area contributed by atoms with Gasteiger partial charge in [0.15, 0.2) is 1.26 Å². The van der Waals surface area contributed by atoms with Crippen molar-refractivity contribution >= 4 is 72.3 Å². The average Bonchev–Trinajstić information content (AvgIpc) is 2.62. The predicted octanol–water partition coefficient (Wildman–Crippen LogP) is 2.89. The van der Waals surface area contributed by atoms with Gasteiger partial charge in [-0.25, -0.2) is 13.4 Å². The number of para-hydroxylation sites is 1. The summed E-state index contributed by atoms with van der Waals surface area (Å²) in [5.74, 6) is -0.261. The molecule has 1 aliphatic heterocycles. The van der Waals surface area contributed by atoms with Gasteiger partial charge in [-0.15, -0.1) is 0 Å². The molecule has 0 spiro atoms.